The van der Waals surface area contributed by atoms with Gasteiger partial charge in [0.2, 0.25) is 0 Å². The topological polar surface area (TPSA) is 37.3 Å². The maximum Gasteiger partial charge on any atom is 0.148 e. The summed E-state index contributed by atoms with van der Waals surface area (Å²) in [5.41, 5.74) is 3.43. The Morgan fingerprint density at radius 2 is 1.48 bits per heavy atom. The molecule has 2 heteroatoms. The summed E-state index contributed by atoms with van der Waals surface area (Å²) in [7, 11) is 0. The Kier molecular flexibility index (Phi) is 3.00. The Hall–Kier alpha value is -2.19. The molecule has 6 atom stereocenters. The lowest BCUT2D eigenvalue weighted by molar-refractivity contribution is -0.141. The van der Waals surface area contributed by atoms with E-state index in [1.807, 2.05) is 6.07 Å². The number of benzene rings is 2. The van der Waals surface area contributed by atoms with Crippen LogP contribution in [0.4, 0.5) is 0 Å². The van der Waals surface area contributed by atoms with Crippen LogP contribution < -0.4 is 0 Å². The van der Waals surface area contributed by atoms with E-state index in [4.69, 9.17) is 0 Å². The lowest BCUT2D eigenvalue weighted by atomic mass is 9.53. The van der Waals surface area contributed by atoms with Gasteiger partial charge in [-0.25, -0.2) is 0 Å². The molecule has 0 saturated heterocycles. The fourth-order valence-corrected chi connectivity index (χ4v) is 8.58. The Morgan fingerprint density at radius 1 is 0.862 bits per heavy atom. The van der Waals surface area contributed by atoms with Gasteiger partial charge in [0.1, 0.15) is 11.4 Å². The fourth-order valence-electron chi connectivity index (χ4n) is 8.58. The van der Waals surface area contributed by atoms with E-state index >= 15 is 0 Å². The number of fused-ring (bicyclic) bond motifs is 3. The van der Waals surface area contributed by atoms with Crippen LogP contribution in [0.1, 0.15) is 63.1 Å². The van der Waals surface area contributed by atoms with Crippen LogP contribution in [0.15, 0.2) is 65.7 Å². The predicted molar refractivity (Wildman–Crippen MR) is 114 cm³/mol. The smallest absolute Gasteiger partial charge is 0.148 e. The van der Waals surface area contributed by atoms with Gasteiger partial charge in [-0.1, -0.05) is 80.9 Å². The maximum atomic E-state index is 14.3. The first-order valence-electron chi connectivity index (χ1n) is 11.0. The molecule has 2 saturated carbocycles. The Morgan fingerprint density at radius 3 is 2.14 bits per heavy atom. The highest BCUT2D eigenvalue weighted by Gasteiger charge is 2.94. The number of carbonyl (C=O) groups excluding carboxylic acids is 1. The zero-order chi connectivity index (χ0) is 20.4. The SMILES string of the molecule is CCC1=C(CC)[C@@]2(O)[C@@H]3c4ccccc4[C@@]4(c5ccccc5)[C@@H](C(=O)[C@]13C)[C@]42C. The van der Waals surface area contributed by atoms with Crippen LogP contribution in [0, 0.1) is 16.7 Å². The second-order valence-corrected chi connectivity index (χ2v) is 9.83. The molecule has 0 amide bonds. The van der Waals surface area contributed by atoms with Crippen molar-refractivity contribution in [2.45, 2.75) is 57.5 Å². The lowest BCUT2D eigenvalue weighted by Gasteiger charge is -2.52. The summed E-state index contributed by atoms with van der Waals surface area (Å²) in [5.74, 6) is -0.0166. The summed E-state index contributed by atoms with van der Waals surface area (Å²) in [4.78, 5) is 14.3. The molecule has 0 radical (unpaired) electrons. The molecule has 4 aliphatic rings. The van der Waals surface area contributed by atoms with Gasteiger partial charge in [-0.2, -0.15) is 0 Å². The van der Waals surface area contributed by atoms with Gasteiger partial charge in [0.15, 0.2) is 0 Å². The van der Waals surface area contributed by atoms with Gasteiger partial charge in [-0.15, -0.1) is 0 Å². The van der Waals surface area contributed by atoms with Gasteiger partial charge < -0.3 is 5.11 Å². The van der Waals surface area contributed by atoms with E-state index in [0.29, 0.717) is 5.78 Å². The van der Waals surface area contributed by atoms with Gasteiger partial charge >= 0.3 is 0 Å². The van der Waals surface area contributed by atoms with E-state index in [9.17, 15) is 9.90 Å². The highest BCUT2D eigenvalue weighted by atomic mass is 16.3. The minimum Gasteiger partial charge on any atom is -0.384 e. The van der Waals surface area contributed by atoms with Crippen LogP contribution in [-0.2, 0) is 10.2 Å². The van der Waals surface area contributed by atoms with Crippen LogP contribution >= 0.6 is 0 Å². The average Bonchev–Trinajstić information content (AvgIpc) is 3.30. The molecular formula is C27H28O2. The molecule has 6 rings (SSSR count). The summed E-state index contributed by atoms with van der Waals surface area (Å²) in [6.45, 7) is 8.61. The molecule has 29 heavy (non-hydrogen) atoms. The van der Waals surface area contributed by atoms with Gasteiger partial charge in [-0.05, 0) is 42.0 Å². The number of hydrogen-bond acceptors (Lipinski definition) is 2. The van der Waals surface area contributed by atoms with Crippen molar-refractivity contribution in [1.29, 1.82) is 0 Å². The molecule has 0 spiro atoms. The van der Waals surface area contributed by atoms with E-state index < -0.39 is 21.8 Å². The normalized spacial score (nSPS) is 43.4. The van der Waals surface area contributed by atoms with Gasteiger partial charge in [0.25, 0.3) is 0 Å². The molecule has 2 nitrogen and oxygen atoms in total. The second-order valence-electron chi connectivity index (χ2n) is 9.83. The van der Waals surface area contributed by atoms with E-state index in [1.165, 1.54) is 22.3 Å². The third kappa shape index (κ3) is 1.38. The van der Waals surface area contributed by atoms with Crippen molar-refractivity contribution in [3.8, 4) is 0 Å². The molecule has 0 aromatic heterocycles. The molecule has 2 fully saturated rings. The molecule has 2 aromatic rings. The molecule has 4 bridgehead atoms. The number of Topliss-reactive ketones (excluding diaryl/α,β-unsaturated/α-hetero) is 1. The minimum absolute atomic E-state index is 0.177. The zero-order valence-corrected chi connectivity index (χ0v) is 17.6. The monoisotopic (exact) mass is 384 g/mol. The first-order valence-corrected chi connectivity index (χ1v) is 11.0. The van der Waals surface area contributed by atoms with Crippen LogP contribution in [0.5, 0.6) is 0 Å². The second kappa shape index (κ2) is 4.92. The van der Waals surface area contributed by atoms with Crippen molar-refractivity contribution in [3.05, 3.63) is 82.4 Å². The van der Waals surface area contributed by atoms with Gasteiger partial charge in [0.05, 0.1) is 5.41 Å². The molecule has 4 aliphatic carbocycles. The summed E-state index contributed by atoms with van der Waals surface area (Å²) in [5, 5.41) is 12.7. The van der Waals surface area contributed by atoms with E-state index in [-0.39, 0.29) is 11.8 Å². The maximum absolute atomic E-state index is 14.3. The van der Waals surface area contributed by atoms with E-state index in [1.54, 1.807) is 0 Å². The van der Waals surface area contributed by atoms with E-state index in [0.717, 1.165) is 18.4 Å². The van der Waals surface area contributed by atoms with Crippen molar-refractivity contribution < 1.29 is 9.90 Å². The van der Waals surface area contributed by atoms with Crippen LogP contribution in [-0.4, -0.2) is 16.5 Å². The highest BCUT2D eigenvalue weighted by Crippen LogP contribution is 2.90. The van der Waals surface area contributed by atoms with Crippen LogP contribution in [0.3, 0.4) is 0 Å². The summed E-state index contributed by atoms with van der Waals surface area (Å²) in [6, 6.07) is 19.0. The van der Waals surface area contributed by atoms with Crippen molar-refractivity contribution >= 4 is 5.78 Å². The number of carbonyl (C=O) groups is 1. The van der Waals surface area contributed by atoms with Crippen molar-refractivity contribution in [1.82, 2.24) is 0 Å². The third-order valence-corrected chi connectivity index (χ3v) is 9.39. The van der Waals surface area contributed by atoms with Gasteiger partial charge in [0, 0.05) is 22.7 Å². The first-order chi connectivity index (χ1) is 13.9. The van der Waals surface area contributed by atoms with Crippen LogP contribution in [0.25, 0.3) is 0 Å². The fraction of sp³-hybridized carbons (Fsp3) is 0.444. The molecule has 1 N–H and O–H groups in total. The standard InChI is InChI=1S/C27H28O2/c1-5-18-19(6-2)27(29)21-17-14-10-11-15-20(17)26(16-12-8-7-9-13-16)22(25(26,27)4)23(28)24(18,21)3/h7-15,21-22,29H,5-6H2,1-4H3/t21-,22+,24-,25-,26+,27-/m1/s1. The summed E-state index contributed by atoms with van der Waals surface area (Å²) >= 11 is 0. The van der Waals surface area contributed by atoms with E-state index in [2.05, 4.69) is 76.2 Å². The predicted octanol–water partition coefficient (Wildman–Crippen LogP) is 5.16. The largest absolute Gasteiger partial charge is 0.384 e. The number of rotatable bonds is 3. The number of allylic oxidation sites excluding steroid dienone is 1. The molecule has 148 valence electrons. The third-order valence-electron chi connectivity index (χ3n) is 9.39. The van der Waals surface area contributed by atoms with Crippen molar-refractivity contribution in [3.63, 3.8) is 0 Å². The highest BCUT2D eigenvalue weighted by molar-refractivity contribution is 6.03. The van der Waals surface area contributed by atoms with Crippen molar-refractivity contribution in [2.75, 3.05) is 0 Å². The quantitative estimate of drug-likeness (QED) is 0.743. The number of hydrogen-bond donors (Lipinski definition) is 1. The summed E-state index contributed by atoms with van der Waals surface area (Å²) < 4.78 is 0. The van der Waals surface area contributed by atoms with Crippen LogP contribution in [0.2, 0.25) is 0 Å². The Balaban J connectivity index is 1.81. The minimum atomic E-state index is -0.968. The number of aliphatic hydroxyl groups is 1. The molecule has 0 aliphatic heterocycles. The molecular weight excluding hydrogens is 356 g/mol. The Bertz CT molecular complexity index is 1110. The number of ketones is 1. The molecule has 0 unspecified atom stereocenters. The molecule has 0 heterocycles. The van der Waals surface area contributed by atoms with Gasteiger partial charge in [-0.3, -0.25) is 4.79 Å². The molecule has 2 aromatic carbocycles. The lowest BCUT2D eigenvalue weighted by Crippen LogP contribution is -2.56. The Labute approximate surface area is 172 Å². The van der Waals surface area contributed by atoms with Crippen molar-refractivity contribution in [2.24, 2.45) is 16.7 Å². The average molecular weight is 385 g/mol. The zero-order valence-electron chi connectivity index (χ0n) is 17.6. The first kappa shape index (κ1) is 17.7. The summed E-state index contributed by atoms with van der Waals surface area (Å²) in [6.07, 6.45) is 1.63.